The second-order valence-electron chi connectivity index (χ2n) is 8.21. The first kappa shape index (κ1) is 18.8. The van der Waals surface area contributed by atoms with E-state index in [0.717, 1.165) is 50.3 Å². The van der Waals surface area contributed by atoms with Gasteiger partial charge in [0.25, 0.3) is 0 Å². The molecule has 2 aliphatic rings. The van der Waals surface area contributed by atoms with Gasteiger partial charge in [0.15, 0.2) is 11.6 Å². The molecule has 5 rings (SSSR count). The van der Waals surface area contributed by atoms with Gasteiger partial charge < -0.3 is 9.80 Å². The predicted molar refractivity (Wildman–Crippen MR) is 116 cm³/mol. The first-order valence-electron chi connectivity index (χ1n) is 10.7. The van der Waals surface area contributed by atoms with Crippen LogP contribution in [0.3, 0.4) is 0 Å². The number of carbonyl (C=O) groups excluding carboxylic acids is 1. The van der Waals surface area contributed by atoms with Crippen LogP contribution >= 0.6 is 0 Å². The van der Waals surface area contributed by atoms with Gasteiger partial charge in [0.2, 0.25) is 5.91 Å². The SMILES string of the molecule is Cc1ccc2c(c1)CCCN2C(=O)[C@H]1CCCN(c2ccc(-n3cccn3)nn2)C1. The zero-order chi connectivity index (χ0) is 20.5. The van der Waals surface area contributed by atoms with E-state index >= 15 is 0 Å². The molecule has 0 unspecified atom stereocenters. The monoisotopic (exact) mass is 402 g/mol. The van der Waals surface area contributed by atoms with Crippen LogP contribution in [0.2, 0.25) is 0 Å². The topological polar surface area (TPSA) is 67.2 Å². The molecule has 1 saturated heterocycles. The third kappa shape index (κ3) is 3.56. The quantitative estimate of drug-likeness (QED) is 0.673. The summed E-state index contributed by atoms with van der Waals surface area (Å²) in [5, 5.41) is 12.9. The molecule has 2 aromatic heterocycles. The number of piperidine rings is 1. The molecule has 0 radical (unpaired) electrons. The number of fused-ring (bicyclic) bond motifs is 1. The average Bonchev–Trinajstić information content (AvgIpc) is 3.33. The number of aromatic nitrogens is 4. The Bertz CT molecular complexity index is 1030. The molecule has 30 heavy (non-hydrogen) atoms. The van der Waals surface area contributed by atoms with Gasteiger partial charge in [-0.15, -0.1) is 10.2 Å². The van der Waals surface area contributed by atoms with Crippen LogP contribution in [-0.4, -0.2) is 45.5 Å². The fraction of sp³-hybridized carbons (Fsp3) is 0.391. The highest BCUT2D eigenvalue weighted by Crippen LogP contribution is 2.31. The molecule has 0 N–H and O–H groups in total. The van der Waals surface area contributed by atoms with E-state index < -0.39 is 0 Å². The first-order chi connectivity index (χ1) is 14.7. The van der Waals surface area contributed by atoms with Crippen molar-refractivity contribution in [1.82, 2.24) is 20.0 Å². The number of benzene rings is 1. The van der Waals surface area contributed by atoms with Gasteiger partial charge in [-0.1, -0.05) is 17.7 Å². The molecule has 154 valence electrons. The maximum atomic E-state index is 13.4. The van der Waals surface area contributed by atoms with Crippen LogP contribution in [0.5, 0.6) is 0 Å². The second kappa shape index (κ2) is 7.89. The fourth-order valence-electron chi connectivity index (χ4n) is 4.58. The third-order valence-corrected chi connectivity index (χ3v) is 6.09. The van der Waals surface area contributed by atoms with Crippen LogP contribution in [0.4, 0.5) is 11.5 Å². The standard InChI is InChI=1S/C23H26N6O/c1-17-7-8-20-18(15-17)5-3-13-28(20)23(30)19-6-2-12-27(16-19)21-9-10-22(26-25-21)29-14-4-11-24-29/h4,7-11,14-15,19H,2-3,5-6,12-13,16H2,1H3/t19-/m0/s1. The zero-order valence-corrected chi connectivity index (χ0v) is 17.2. The summed E-state index contributed by atoms with van der Waals surface area (Å²) in [7, 11) is 0. The van der Waals surface area contributed by atoms with Crippen molar-refractivity contribution < 1.29 is 4.79 Å². The molecule has 1 fully saturated rings. The van der Waals surface area contributed by atoms with Gasteiger partial charge in [-0.2, -0.15) is 5.10 Å². The summed E-state index contributed by atoms with van der Waals surface area (Å²) in [4.78, 5) is 17.6. The Morgan fingerprint density at radius 1 is 1.07 bits per heavy atom. The van der Waals surface area contributed by atoms with Crippen molar-refractivity contribution in [3.8, 4) is 5.82 Å². The number of aryl methyl sites for hydroxylation is 2. The number of anilines is 2. The second-order valence-corrected chi connectivity index (χ2v) is 8.21. The van der Waals surface area contributed by atoms with Crippen molar-refractivity contribution >= 4 is 17.4 Å². The highest BCUT2D eigenvalue weighted by atomic mass is 16.2. The smallest absolute Gasteiger partial charge is 0.231 e. The zero-order valence-electron chi connectivity index (χ0n) is 17.2. The molecule has 0 saturated carbocycles. The lowest BCUT2D eigenvalue weighted by Crippen LogP contribution is -2.46. The van der Waals surface area contributed by atoms with Gasteiger partial charge in [-0.25, -0.2) is 4.68 Å². The van der Waals surface area contributed by atoms with Crippen LogP contribution in [0.1, 0.15) is 30.4 Å². The number of rotatable bonds is 3. The summed E-state index contributed by atoms with van der Waals surface area (Å²) in [6, 6.07) is 12.2. The van der Waals surface area contributed by atoms with Crippen molar-refractivity contribution in [3.63, 3.8) is 0 Å². The molecule has 0 aliphatic carbocycles. The minimum Gasteiger partial charge on any atom is -0.354 e. The Labute approximate surface area is 176 Å². The number of amides is 1. The van der Waals surface area contributed by atoms with E-state index in [1.807, 2.05) is 29.3 Å². The molecule has 1 amide bonds. The van der Waals surface area contributed by atoms with Crippen molar-refractivity contribution in [3.05, 3.63) is 59.9 Å². The Morgan fingerprint density at radius 2 is 1.93 bits per heavy atom. The van der Waals surface area contributed by atoms with Crippen molar-refractivity contribution in [1.29, 1.82) is 0 Å². The Balaban J connectivity index is 1.32. The Morgan fingerprint density at radius 3 is 2.73 bits per heavy atom. The lowest BCUT2D eigenvalue weighted by atomic mass is 9.93. The number of carbonyl (C=O) groups is 1. The summed E-state index contributed by atoms with van der Waals surface area (Å²) < 4.78 is 1.69. The fourth-order valence-corrected chi connectivity index (χ4v) is 4.58. The molecule has 2 aliphatic heterocycles. The van der Waals surface area contributed by atoms with Gasteiger partial charge >= 0.3 is 0 Å². The average molecular weight is 403 g/mol. The van der Waals surface area contributed by atoms with E-state index in [0.29, 0.717) is 12.4 Å². The van der Waals surface area contributed by atoms with E-state index in [-0.39, 0.29) is 11.8 Å². The summed E-state index contributed by atoms with van der Waals surface area (Å²) >= 11 is 0. The molecule has 1 atom stereocenters. The van der Waals surface area contributed by atoms with Gasteiger partial charge in [0.05, 0.1) is 5.92 Å². The summed E-state index contributed by atoms with van der Waals surface area (Å²) in [5.74, 6) is 1.73. The highest BCUT2D eigenvalue weighted by molar-refractivity contribution is 5.96. The molecule has 7 nitrogen and oxygen atoms in total. The van der Waals surface area contributed by atoms with Gasteiger partial charge in [-0.05, 0) is 62.4 Å². The number of hydrogen-bond acceptors (Lipinski definition) is 5. The highest BCUT2D eigenvalue weighted by Gasteiger charge is 2.32. The van der Waals surface area contributed by atoms with Crippen molar-refractivity contribution in [2.24, 2.45) is 5.92 Å². The molecular formula is C23H26N6O. The maximum Gasteiger partial charge on any atom is 0.231 e. The Hall–Kier alpha value is -3.22. The Kier molecular flexibility index (Phi) is 4.94. The van der Waals surface area contributed by atoms with Gasteiger partial charge in [0.1, 0.15) is 0 Å². The van der Waals surface area contributed by atoms with E-state index in [4.69, 9.17) is 0 Å². The molecule has 3 aromatic rings. The molecule has 4 heterocycles. The van der Waals surface area contributed by atoms with Crippen molar-refractivity contribution in [2.75, 3.05) is 29.4 Å². The van der Waals surface area contributed by atoms with E-state index in [9.17, 15) is 4.79 Å². The number of nitrogens with zero attached hydrogens (tertiary/aromatic N) is 6. The van der Waals surface area contributed by atoms with Gasteiger partial charge in [-0.3, -0.25) is 4.79 Å². The minimum absolute atomic E-state index is 0.0152. The normalized spacial score (nSPS) is 18.9. The van der Waals surface area contributed by atoms with E-state index in [2.05, 4.69) is 45.3 Å². The van der Waals surface area contributed by atoms with Crippen molar-refractivity contribution in [2.45, 2.75) is 32.6 Å². The predicted octanol–water partition coefficient (Wildman–Crippen LogP) is 3.17. The van der Waals surface area contributed by atoms with E-state index in [1.165, 1.54) is 11.1 Å². The minimum atomic E-state index is -0.0152. The summed E-state index contributed by atoms with van der Waals surface area (Å²) in [5.41, 5.74) is 3.64. The molecule has 1 aromatic carbocycles. The molecule has 0 bridgehead atoms. The maximum absolute atomic E-state index is 13.4. The lowest BCUT2D eigenvalue weighted by Gasteiger charge is -2.37. The first-order valence-corrected chi connectivity index (χ1v) is 10.7. The van der Waals surface area contributed by atoms with E-state index in [1.54, 1.807) is 10.9 Å². The summed E-state index contributed by atoms with van der Waals surface area (Å²) in [6.45, 7) is 4.50. The van der Waals surface area contributed by atoms with Crippen LogP contribution < -0.4 is 9.80 Å². The van der Waals surface area contributed by atoms with Crippen LogP contribution in [0.25, 0.3) is 5.82 Å². The van der Waals surface area contributed by atoms with Crippen LogP contribution in [0, 0.1) is 12.8 Å². The summed E-state index contributed by atoms with van der Waals surface area (Å²) in [6.07, 6.45) is 7.54. The molecule has 7 heteroatoms. The number of hydrogen-bond donors (Lipinski definition) is 0. The lowest BCUT2D eigenvalue weighted by molar-refractivity contribution is -0.122. The molecule has 0 spiro atoms. The van der Waals surface area contributed by atoms with Crippen LogP contribution in [0.15, 0.2) is 48.8 Å². The van der Waals surface area contributed by atoms with Crippen LogP contribution in [-0.2, 0) is 11.2 Å². The van der Waals surface area contributed by atoms with Gasteiger partial charge in [0, 0.05) is 37.7 Å². The molecular weight excluding hydrogens is 376 g/mol. The third-order valence-electron chi connectivity index (χ3n) is 6.09. The largest absolute Gasteiger partial charge is 0.354 e.